The first kappa shape index (κ1) is 25.1. The summed E-state index contributed by atoms with van der Waals surface area (Å²) in [6.45, 7) is 1.50. The highest BCUT2D eigenvalue weighted by Crippen LogP contribution is 2.39. The lowest BCUT2D eigenvalue weighted by Crippen LogP contribution is -2.32. The zero-order valence-electron chi connectivity index (χ0n) is 18.8. The van der Waals surface area contributed by atoms with E-state index in [9.17, 15) is 22.4 Å². The first-order valence-electron chi connectivity index (χ1n) is 10.7. The Kier molecular flexibility index (Phi) is 7.38. The SMILES string of the molecule is COc1ccc(C(F)F)c(F)c1-c1nc(C(=O)Nc2c([C@@H]3CC[C@@H](N)[C@H](F)CO3)n[nH]c2C)cs1. The van der Waals surface area contributed by atoms with E-state index < -0.39 is 42.0 Å². The molecule has 188 valence electrons. The Morgan fingerprint density at radius 2 is 2.14 bits per heavy atom. The molecule has 1 aromatic carbocycles. The Bertz CT molecular complexity index is 1210. The average Bonchev–Trinajstić information content (AvgIpc) is 3.41. The van der Waals surface area contributed by atoms with Gasteiger partial charge in [0.25, 0.3) is 12.3 Å². The molecule has 4 rings (SSSR count). The molecule has 1 saturated heterocycles. The molecule has 0 bridgehead atoms. The number of hydrogen-bond donors (Lipinski definition) is 3. The Balaban J connectivity index is 1.59. The monoisotopic (exact) mass is 513 g/mol. The van der Waals surface area contributed by atoms with Crippen molar-refractivity contribution in [2.45, 2.75) is 44.5 Å². The summed E-state index contributed by atoms with van der Waals surface area (Å²) in [5, 5.41) is 11.1. The van der Waals surface area contributed by atoms with Crippen LogP contribution in [0.5, 0.6) is 5.75 Å². The zero-order chi connectivity index (χ0) is 25.3. The largest absolute Gasteiger partial charge is 0.496 e. The summed E-state index contributed by atoms with van der Waals surface area (Å²) in [6, 6.07) is 1.52. The van der Waals surface area contributed by atoms with Gasteiger partial charge in [0.15, 0.2) is 0 Å². The fourth-order valence-electron chi connectivity index (χ4n) is 3.78. The van der Waals surface area contributed by atoms with Gasteiger partial charge in [-0.15, -0.1) is 11.3 Å². The van der Waals surface area contributed by atoms with Gasteiger partial charge >= 0.3 is 0 Å². The minimum Gasteiger partial charge on any atom is -0.496 e. The smallest absolute Gasteiger partial charge is 0.275 e. The van der Waals surface area contributed by atoms with Gasteiger partial charge in [0.2, 0.25) is 0 Å². The number of carbonyl (C=O) groups is 1. The number of aromatic nitrogens is 3. The van der Waals surface area contributed by atoms with E-state index >= 15 is 0 Å². The molecular formula is C22H23F4N5O3S. The summed E-state index contributed by atoms with van der Waals surface area (Å²) in [4.78, 5) is 17.1. The van der Waals surface area contributed by atoms with Crippen LogP contribution in [0.2, 0.25) is 0 Å². The van der Waals surface area contributed by atoms with Gasteiger partial charge in [-0.25, -0.2) is 22.5 Å². The maximum absolute atomic E-state index is 14.8. The lowest BCUT2D eigenvalue weighted by molar-refractivity contribution is 0.0267. The summed E-state index contributed by atoms with van der Waals surface area (Å²) in [5.74, 6) is -1.78. The van der Waals surface area contributed by atoms with Crippen LogP contribution in [0.3, 0.4) is 0 Å². The Morgan fingerprint density at radius 3 is 2.86 bits per heavy atom. The Hall–Kier alpha value is -3.03. The fourth-order valence-corrected chi connectivity index (χ4v) is 4.62. The first-order chi connectivity index (χ1) is 16.7. The van der Waals surface area contributed by atoms with Gasteiger partial charge in [0, 0.05) is 11.4 Å². The average molecular weight is 514 g/mol. The fraction of sp³-hybridized carbons (Fsp3) is 0.409. The maximum Gasteiger partial charge on any atom is 0.275 e. The van der Waals surface area contributed by atoms with E-state index in [-0.39, 0.29) is 28.6 Å². The van der Waals surface area contributed by atoms with Crippen molar-refractivity contribution in [3.63, 3.8) is 0 Å². The van der Waals surface area contributed by atoms with Crippen molar-refractivity contribution in [2.24, 2.45) is 5.73 Å². The van der Waals surface area contributed by atoms with Crippen LogP contribution >= 0.6 is 11.3 Å². The van der Waals surface area contributed by atoms with E-state index in [0.29, 0.717) is 29.9 Å². The minimum absolute atomic E-state index is 0.00576. The number of amides is 1. The standard InChI is InChI=1S/C22H23F4N5O3S/c1-9-18(19(31-30-9)15-6-4-12(27)11(23)7-34-15)29-21(32)13-8-35-22(28-13)16-14(33-2)5-3-10(17(16)24)20(25)26/h3,5,8,11-12,15,20H,4,6-7,27H2,1-2H3,(H,29,32)(H,30,31)/t11-,12-,15+/m1/s1. The number of thiazole rings is 1. The van der Waals surface area contributed by atoms with Crippen molar-refractivity contribution < 1.29 is 31.8 Å². The van der Waals surface area contributed by atoms with Crippen LogP contribution < -0.4 is 15.8 Å². The van der Waals surface area contributed by atoms with Gasteiger partial charge in [-0.1, -0.05) is 0 Å². The number of rotatable bonds is 6. The Morgan fingerprint density at radius 1 is 1.37 bits per heavy atom. The highest BCUT2D eigenvalue weighted by molar-refractivity contribution is 7.13. The molecule has 13 heteroatoms. The molecule has 1 amide bonds. The van der Waals surface area contributed by atoms with Crippen LogP contribution in [0.15, 0.2) is 17.5 Å². The van der Waals surface area contributed by atoms with Crippen LogP contribution in [-0.4, -0.2) is 47.0 Å². The van der Waals surface area contributed by atoms with E-state index in [1.807, 2.05) is 0 Å². The number of halogens is 4. The number of nitrogens with two attached hydrogens (primary N) is 1. The second kappa shape index (κ2) is 10.3. The van der Waals surface area contributed by atoms with Crippen LogP contribution in [0, 0.1) is 12.7 Å². The molecule has 0 unspecified atom stereocenters. The van der Waals surface area contributed by atoms with E-state index in [2.05, 4.69) is 20.5 Å². The van der Waals surface area contributed by atoms with Crippen molar-refractivity contribution in [3.8, 4) is 16.3 Å². The van der Waals surface area contributed by atoms with Crippen molar-refractivity contribution in [2.75, 3.05) is 19.0 Å². The van der Waals surface area contributed by atoms with Crippen molar-refractivity contribution in [3.05, 3.63) is 46.0 Å². The maximum atomic E-state index is 14.8. The number of alkyl halides is 3. The molecule has 8 nitrogen and oxygen atoms in total. The van der Waals surface area contributed by atoms with E-state index in [1.165, 1.54) is 18.6 Å². The zero-order valence-corrected chi connectivity index (χ0v) is 19.6. The normalized spacial score (nSPS) is 20.6. The number of nitrogens with one attached hydrogen (secondary N) is 2. The molecule has 3 atom stereocenters. The molecule has 35 heavy (non-hydrogen) atoms. The number of H-pyrrole nitrogens is 1. The summed E-state index contributed by atoms with van der Waals surface area (Å²) in [5.41, 5.74) is 5.96. The van der Waals surface area contributed by atoms with Gasteiger partial charge < -0.3 is 20.5 Å². The van der Waals surface area contributed by atoms with Gasteiger partial charge in [-0.2, -0.15) is 5.10 Å². The van der Waals surface area contributed by atoms with Gasteiger partial charge in [0.1, 0.15) is 40.2 Å². The second-order valence-electron chi connectivity index (χ2n) is 8.03. The van der Waals surface area contributed by atoms with Crippen LogP contribution in [0.25, 0.3) is 10.6 Å². The summed E-state index contributed by atoms with van der Waals surface area (Å²) >= 11 is 0.907. The lowest BCUT2D eigenvalue weighted by Gasteiger charge is -2.15. The number of hydrogen-bond acceptors (Lipinski definition) is 7. The molecule has 3 aromatic rings. The van der Waals surface area contributed by atoms with Gasteiger partial charge in [-0.05, 0) is 31.9 Å². The topological polar surface area (TPSA) is 115 Å². The Labute approximate surface area is 201 Å². The van der Waals surface area contributed by atoms with E-state index in [4.69, 9.17) is 15.2 Å². The molecule has 0 saturated carbocycles. The summed E-state index contributed by atoms with van der Waals surface area (Å²) in [7, 11) is 1.28. The van der Waals surface area contributed by atoms with E-state index in [0.717, 1.165) is 17.4 Å². The number of carbonyl (C=O) groups excluding carboxylic acids is 1. The summed E-state index contributed by atoms with van der Waals surface area (Å²) < 4.78 is 65.9. The van der Waals surface area contributed by atoms with Crippen LogP contribution in [0.4, 0.5) is 23.2 Å². The van der Waals surface area contributed by atoms with Crippen molar-refractivity contribution in [1.29, 1.82) is 0 Å². The van der Waals surface area contributed by atoms with Crippen molar-refractivity contribution in [1.82, 2.24) is 15.2 Å². The van der Waals surface area contributed by atoms with E-state index in [1.54, 1.807) is 6.92 Å². The van der Waals surface area contributed by atoms with Crippen LogP contribution in [-0.2, 0) is 4.74 Å². The molecule has 4 N–H and O–H groups in total. The number of nitrogens with zero attached hydrogens (tertiary/aromatic N) is 2. The quantitative estimate of drug-likeness (QED) is 0.412. The van der Waals surface area contributed by atoms with Gasteiger partial charge in [-0.3, -0.25) is 9.89 Å². The van der Waals surface area contributed by atoms with Crippen molar-refractivity contribution >= 4 is 22.9 Å². The molecular weight excluding hydrogens is 490 g/mol. The highest BCUT2D eigenvalue weighted by atomic mass is 32.1. The number of anilines is 1. The molecule has 1 aliphatic rings. The third kappa shape index (κ3) is 5.02. The number of ether oxygens (including phenoxy) is 2. The number of benzene rings is 1. The molecule has 3 heterocycles. The molecule has 0 spiro atoms. The number of aromatic amines is 1. The number of aryl methyl sites for hydroxylation is 1. The second-order valence-corrected chi connectivity index (χ2v) is 8.88. The lowest BCUT2D eigenvalue weighted by atomic mass is 10.0. The molecule has 2 aromatic heterocycles. The highest BCUT2D eigenvalue weighted by Gasteiger charge is 2.30. The van der Waals surface area contributed by atoms with Crippen LogP contribution in [0.1, 0.15) is 52.8 Å². The third-order valence-corrected chi connectivity index (χ3v) is 6.60. The number of methoxy groups -OCH3 is 1. The minimum atomic E-state index is -3.03. The molecule has 0 radical (unpaired) electrons. The molecule has 1 aliphatic heterocycles. The summed E-state index contributed by atoms with van der Waals surface area (Å²) in [6.07, 6.45) is -4.12. The molecule has 0 aliphatic carbocycles. The predicted molar refractivity (Wildman–Crippen MR) is 121 cm³/mol. The van der Waals surface area contributed by atoms with Gasteiger partial charge in [0.05, 0.1) is 36.2 Å². The molecule has 1 fully saturated rings. The predicted octanol–water partition coefficient (Wildman–Crippen LogP) is 4.70. The first-order valence-corrected chi connectivity index (χ1v) is 11.6. The third-order valence-electron chi connectivity index (χ3n) is 5.74.